The van der Waals surface area contributed by atoms with E-state index in [1.807, 2.05) is 24.0 Å². The van der Waals surface area contributed by atoms with Gasteiger partial charge in [-0.2, -0.15) is 0 Å². The van der Waals surface area contributed by atoms with Gasteiger partial charge in [-0.05, 0) is 57.9 Å². The van der Waals surface area contributed by atoms with E-state index in [0.29, 0.717) is 6.04 Å². The summed E-state index contributed by atoms with van der Waals surface area (Å²) in [4.78, 5) is 14.6. The van der Waals surface area contributed by atoms with Crippen LogP contribution in [0.5, 0.6) is 0 Å². The highest BCUT2D eigenvalue weighted by atomic mass is 16.2. The molecule has 2 rings (SSSR count). The molecule has 3 heteroatoms. The van der Waals surface area contributed by atoms with Gasteiger partial charge in [0.15, 0.2) is 0 Å². The van der Waals surface area contributed by atoms with Gasteiger partial charge in [-0.1, -0.05) is 12.1 Å². The molecule has 0 saturated carbocycles. The van der Waals surface area contributed by atoms with Crippen LogP contribution in [0.3, 0.4) is 0 Å². The lowest BCUT2D eigenvalue weighted by atomic mass is 9.92. The third kappa shape index (κ3) is 3.35. The molecule has 1 aromatic carbocycles. The fourth-order valence-electron chi connectivity index (χ4n) is 2.84. The first kappa shape index (κ1) is 14.1. The number of piperidine rings is 1. The number of nitrogens with one attached hydrogen (secondary N) is 1. The molecule has 19 heavy (non-hydrogen) atoms. The van der Waals surface area contributed by atoms with Crippen molar-refractivity contribution in [1.29, 1.82) is 0 Å². The molecule has 0 bridgehead atoms. The molecule has 0 spiro atoms. The molecule has 1 amide bonds. The summed E-state index contributed by atoms with van der Waals surface area (Å²) >= 11 is 0. The molecule has 1 heterocycles. The van der Waals surface area contributed by atoms with Crippen LogP contribution in [0.2, 0.25) is 0 Å². The Kier molecular flexibility index (Phi) is 4.59. The van der Waals surface area contributed by atoms with E-state index in [9.17, 15) is 4.79 Å². The van der Waals surface area contributed by atoms with E-state index in [4.69, 9.17) is 0 Å². The summed E-state index contributed by atoms with van der Waals surface area (Å²) in [5.41, 5.74) is 2.22. The minimum atomic E-state index is 0.164. The minimum absolute atomic E-state index is 0.164. The Bertz CT molecular complexity index is 444. The highest BCUT2D eigenvalue weighted by Gasteiger charge is 2.28. The Balaban J connectivity index is 2.15. The Morgan fingerprint density at radius 1 is 1.47 bits per heavy atom. The smallest absolute Gasteiger partial charge is 0.230 e. The predicted octanol–water partition coefficient (Wildman–Crippen LogP) is 2.74. The van der Waals surface area contributed by atoms with E-state index in [-0.39, 0.29) is 11.8 Å². The number of hydrogen-bond acceptors (Lipinski definition) is 2. The van der Waals surface area contributed by atoms with Crippen molar-refractivity contribution in [3.8, 4) is 0 Å². The third-order valence-electron chi connectivity index (χ3n) is 3.87. The Morgan fingerprint density at radius 2 is 2.26 bits per heavy atom. The van der Waals surface area contributed by atoms with Crippen molar-refractivity contribution in [1.82, 2.24) is 5.32 Å². The molecule has 0 aromatic heterocycles. The van der Waals surface area contributed by atoms with Gasteiger partial charge in [-0.15, -0.1) is 0 Å². The molecule has 1 aliphatic heterocycles. The number of amides is 1. The quantitative estimate of drug-likeness (QED) is 0.906. The molecular weight excluding hydrogens is 236 g/mol. The van der Waals surface area contributed by atoms with Gasteiger partial charge in [0, 0.05) is 24.2 Å². The van der Waals surface area contributed by atoms with E-state index in [1.165, 1.54) is 5.56 Å². The summed E-state index contributed by atoms with van der Waals surface area (Å²) < 4.78 is 0. The van der Waals surface area contributed by atoms with Crippen molar-refractivity contribution in [2.45, 2.75) is 39.7 Å². The Morgan fingerprint density at radius 3 is 2.89 bits per heavy atom. The first-order valence-corrected chi connectivity index (χ1v) is 7.23. The van der Waals surface area contributed by atoms with Crippen LogP contribution in [0.1, 0.15) is 32.3 Å². The van der Waals surface area contributed by atoms with Crippen LogP contribution in [0, 0.1) is 12.8 Å². The molecule has 1 aliphatic rings. The van der Waals surface area contributed by atoms with Gasteiger partial charge in [0.1, 0.15) is 0 Å². The second-order valence-electron chi connectivity index (χ2n) is 5.50. The predicted molar refractivity (Wildman–Crippen MR) is 79.4 cm³/mol. The van der Waals surface area contributed by atoms with Crippen molar-refractivity contribution in [3.05, 3.63) is 29.8 Å². The normalized spacial score (nSPS) is 23.1. The fourth-order valence-corrected chi connectivity index (χ4v) is 2.84. The number of nitrogens with zero attached hydrogens (tertiary/aromatic N) is 1. The molecule has 0 radical (unpaired) electrons. The third-order valence-corrected chi connectivity index (χ3v) is 3.87. The van der Waals surface area contributed by atoms with E-state index in [2.05, 4.69) is 31.3 Å². The van der Waals surface area contributed by atoms with Crippen molar-refractivity contribution in [3.63, 3.8) is 0 Å². The molecule has 1 fully saturated rings. The summed E-state index contributed by atoms with van der Waals surface area (Å²) in [5, 5.41) is 3.40. The zero-order valence-corrected chi connectivity index (χ0v) is 12.1. The molecule has 2 atom stereocenters. The summed E-state index contributed by atoms with van der Waals surface area (Å²) in [6.45, 7) is 7.95. The minimum Gasteiger partial charge on any atom is -0.314 e. The number of carbonyl (C=O) groups excluding carboxylic acids is 1. The summed E-state index contributed by atoms with van der Waals surface area (Å²) in [7, 11) is 0. The largest absolute Gasteiger partial charge is 0.314 e. The number of aryl methyl sites for hydroxylation is 1. The molecule has 104 valence electrons. The molecule has 0 aliphatic carbocycles. The molecule has 1 saturated heterocycles. The van der Waals surface area contributed by atoms with E-state index >= 15 is 0 Å². The van der Waals surface area contributed by atoms with Gasteiger partial charge < -0.3 is 10.2 Å². The van der Waals surface area contributed by atoms with Crippen molar-refractivity contribution < 1.29 is 4.79 Å². The molecule has 3 nitrogen and oxygen atoms in total. The van der Waals surface area contributed by atoms with Gasteiger partial charge in [0.25, 0.3) is 0 Å². The van der Waals surface area contributed by atoms with Gasteiger partial charge in [-0.25, -0.2) is 0 Å². The van der Waals surface area contributed by atoms with Crippen LogP contribution >= 0.6 is 0 Å². The zero-order chi connectivity index (χ0) is 13.8. The maximum absolute atomic E-state index is 12.7. The van der Waals surface area contributed by atoms with Crippen LogP contribution in [0.15, 0.2) is 24.3 Å². The molecule has 1 N–H and O–H groups in total. The highest BCUT2D eigenvalue weighted by molar-refractivity contribution is 5.95. The van der Waals surface area contributed by atoms with Gasteiger partial charge in [0.05, 0.1) is 0 Å². The lowest BCUT2D eigenvalue weighted by Gasteiger charge is -2.31. The average Bonchev–Trinajstić information content (AvgIpc) is 2.39. The second kappa shape index (κ2) is 6.20. The van der Waals surface area contributed by atoms with Crippen LogP contribution < -0.4 is 10.2 Å². The average molecular weight is 260 g/mol. The molecular formula is C16H24N2O. The number of anilines is 1. The maximum atomic E-state index is 12.7. The van der Waals surface area contributed by atoms with Gasteiger partial charge in [0.2, 0.25) is 5.91 Å². The maximum Gasteiger partial charge on any atom is 0.230 e. The van der Waals surface area contributed by atoms with Crippen LogP contribution in [-0.4, -0.2) is 25.0 Å². The lowest BCUT2D eigenvalue weighted by Crippen LogP contribution is -2.44. The van der Waals surface area contributed by atoms with Crippen molar-refractivity contribution in [2.24, 2.45) is 5.92 Å². The van der Waals surface area contributed by atoms with E-state index < -0.39 is 0 Å². The second-order valence-corrected chi connectivity index (χ2v) is 5.50. The van der Waals surface area contributed by atoms with Crippen LogP contribution in [0.25, 0.3) is 0 Å². The topological polar surface area (TPSA) is 32.3 Å². The number of benzene rings is 1. The SMILES string of the molecule is CCN(C(=O)C1CCNC(C)C1)c1cccc(C)c1. The van der Waals surface area contributed by atoms with Crippen molar-refractivity contribution in [2.75, 3.05) is 18.0 Å². The standard InChI is InChI=1S/C16H24N2O/c1-4-18(15-7-5-6-12(2)10-15)16(19)14-8-9-17-13(3)11-14/h5-7,10,13-14,17H,4,8-9,11H2,1-3H3. The number of carbonyl (C=O) groups is 1. The first-order chi connectivity index (χ1) is 9.11. The first-order valence-electron chi connectivity index (χ1n) is 7.23. The van der Waals surface area contributed by atoms with Gasteiger partial charge in [-0.3, -0.25) is 4.79 Å². The summed E-state index contributed by atoms with van der Waals surface area (Å²) in [5.74, 6) is 0.443. The number of rotatable bonds is 3. The molecule has 1 aromatic rings. The summed E-state index contributed by atoms with van der Waals surface area (Å²) in [6, 6.07) is 8.64. The Hall–Kier alpha value is -1.35. The van der Waals surface area contributed by atoms with Gasteiger partial charge >= 0.3 is 0 Å². The number of hydrogen-bond donors (Lipinski definition) is 1. The lowest BCUT2D eigenvalue weighted by molar-refractivity contribution is -0.123. The van der Waals surface area contributed by atoms with E-state index in [1.54, 1.807) is 0 Å². The monoisotopic (exact) mass is 260 g/mol. The van der Waals surface area contributed by atoms with Crippen molar-refractivity contribution >= 4 is 11.6 Å². The van der Waals surface area contributed by atoms with Crippen LogP contribution in [0.4, 0.5) is 5.69 Å². The highest BCUT2D eigenvalue weighted by Crippen LogP contribution is 2.23. The van der Waals surface area contributed by atoms with Crippen LogP contribution in [-0.2, 0) is 4.79 Å². The zero-order valence-electron chi connectivity index (χ0n) is 12.1. The fraction of sp³-hybridized carbons (Fsp3) is 0.562. The van der Waals surface area contributed by atoms with E-state index in [0.717, 1.165) is 31.6 Å². The summed E-state index contributed by atoms with van der Waals surface area (Å²) in [6.07, 6.45) is 1.90. The Labute approximate surface area is 116 Å². The molecule has 2 unspecified atom stereocenters.